The summed E-state index contributed by atoms with van der Waals surface area (Å²) in [6.45, 7) is 23.8. The Balaban J connectivity index is 0. The van der Waals surface area contributed by atoms with Crippen LogP contribution in [0, 0.1) is 0 Å². The number of carbonyl (C=O) groups is 2. The van der Waals surface area contributed by atoms with Gasteiger partial charge in [0.05, 0.1) is 144 Å². The molecule has 51 heavy (non-hydrogen) atoms. The van der Waals surface area contributed by atoms with Crippen LogP contribution in [0.3, 0.4) is 0 Å². The maximum Gasteiger partial charge on any atom is 0.333 e. The molecular weight excluding hydrogens is 676 g/mol. The summed E-state index contributed by atoms with van der Waals surface area (Å²) in [7, 11) is 0. The molecule has 0 saturated carbocycles. The fraction of sp³-hybridized carbons (Fsp3) is 0.829. The van der Waals surface area contributed by atoms with E-state index in [1.807, 2.05) is 6.92 Å². The summed E-state index contributed by atoms with van der Waals surface area (Å²) < 4.78 is 63.3. The van der Waals surface area contributed by atoms with Crippen molar-refractivity contribution in [1.29, 1.82) is 0 Å². The summed E-state index contributed by atoms with van der Waals surface area (Å²) in [4.78, 5) is 22.3. The van der Waals surface area contributed by atoms with E-state index in [0.29, 0.717) is 130 Å². The van der Waals surface area contributed by atoms with E-state index < -0.39 is 18.0 Å². The van der Waals surface area contributed by atoms with Crippen molar-refractivity contribution in [2.75, 3.05) is 139 Å². The monoisotopic (exact) mass is 742 g/mol. The Hall–Kier alpha value is -2.06. The van der Waals surface area contributed by atoms with Crippen LogP contribution in [-0.2, 0) is 66.4 Å². The highest BCUT2D eigenvalue weighted by molar-refractivity contribution is 5.87. The molecule has 0 radical (unpaired) electrons. The second-order valence-corrected chi connectivity index (χ2v) is 11.1. The van der Waals surface area contributed by atoms with Crippen LogP contribution in [0.5, 0.6) is 0 Å². The van der Waals surface area contributed by atoms with E-state index in [2.05, 4.69) is 13.2 Å². The zero-order chi connectivity index (χ0) is 38.4. The lowest BCUT2D eigenvalue weighted by Crippen LogP contribution is -2.24. The van der Waals surface area contributed by atoms with Crippen molar-refractivity contribution >= 4 is 11.9 Å². The molecule has 302 valence electrons. The van der Waals surface area contributed by atoms with Gasteiger partial charge in [0.2, 0.25) is 0 Å². The Morgan fingerprint density at radius 3 is 0.961 bits per heavy atom. The van der Waals surface area contributed by atoms with E-state index in [4.69, 9.17) is 67.1 Å². The normalized spacial score (nSPS) is 12.8. The van der Waals surface area contributed by atoms with E-state index in [-0.39, 0.29) is 32.0 Å². The molecule has 3 atom stereocenters. The SMILES string of the molecule is C=C(C)C(=O)OCCOCCOCCOCCOCCOCCOCCOCCOCCOC(=O)C(=C)C.CC(O)COC(C)COC(C)CO. The third-order valence-corrected chi connectivity index (χ3v) is 5.72. The van der Waals surface area contributed by atoms with Gasteiger partial charge in [-0.15, -0.1) is 0 Å². The van der Waals surface area contributed by atoms with Gasteiger partial charge in [-0.05, 0) is 34.6 Å². The highest BCUT2D eigenvalue weighted by Gasteiger charge is 2.07. The van der Waals surface area contributed by atoms with Crippen molar-refractivity contribution < 1.29 is 76.6 Å². The van der Waals surface area contributed by atoms with Crippen LogP contribution < -0.4 is 0 Å². The van der Waals surface area contributed by atoms with E-state index >= 15 is 0 Å². The van der Waals surface area contributed by atoms with Gasteiger partial charge in [-0.1, -0.05) is 13.2 Å². The molecule has 0 saturated heterocycles. The summed E-state index contributed by atoms with van der Waals surface area (Å²) >= 11 is 0. The predicted molar refractivity (Wildman–Crippen MR) is 188 cm³/mol. The van der Waals surface area contributed by atoms with Crippen LogP contribution in [0.1, 0.15) is 34.6 Å². The van der Waals surface area contributed by atoms with Crippen LogP contribution in [-0.4, -0.2) is 179 Å². The quantitative estimate of drug-likeness (QED) is 0.0535. The number of aliphatic hydroxyl groups is 2. The van der Waals surface area contributed by atoms with Crippen molar-refractivity contribution in [3.8, 4) is 0 Å². The van der Waals surface area contributed by atoms with Crippen molar-refractivity contribution in [2.24, 2.45) is 0 Å². The number of esters is 2. The first-order valence-electron chi connectivity index (χ1n) is 17.3. The van der Waals surface area contributed by atoms with Gasteiger partial charge in [0.15, 0.2) is 0 Å². The largest absolute Gasteiger partial charge is 0.460 e. The molecule has 0 aliphatic heterocycles. The van der Waals surface area contributed by atoms with Gasteiger partial charge < -0.3 is 67.1 Å². The van der Waals surface area contributed by atoms with Crippen LogP contribution >= 0.6 is 0 Å². The molecule has 0 bridgehead atoms. The van der Waals surface area contributed by atoms with E-state index in [1.165, 1.54) is 0 Å². The number of hydrogen-bond acceptors (Lipinski definition) is 16. The van der Waals surface area contributed by atoms with Crippen molar-refractivity contribution in [3.63, 3.8) is 0 Å². The lowest BCUT2D eigenvalue weighted by atomic mass is 10.4. The van der Waals surface area contributed by atoms with Crippen LogP contribution in [0.25, 0.3) is 0 Å². The van der Waals surface area contributed by atoms with E-state index in [9.17, 15) is 9.59 Å². The highest BCUT2D eigenvalue weighted by Crippen LogP contribution is 1.97. The topological polar surface area (TPSA) is 185 Å². The van der Waals surface area contributed by atoms with Crippen molar-refractivity contribution in [2.45, 2.75) is 52.9 Å². The zero-order valence-corrected chi connectivity index (χ0v) is 31.6. The fourth-order valence-electron chi connectivity index (χ4n) is 2.98. The highest BCUT2D eigenvalue weighted by atomic mass is 16.6. The van der Waals surface area contributed by atoms with Gasteiger partial charge >= 0.3 is 11.9 Å². The average Bonchev–Trinajstić information content (AvgIpc) is 3.10. The molecule has 0 aliphatic carbocycles. The van der Waals surface area contributed by atoms with Gasteiger partial charge in [0, 0.05) is 11.1 Å². The smallest absolute Gasteiger partial charge is 0.333 e. The van der Waals surface area contributed by atoms with Crippen LogP contribution in [0.15, 0.2) is 24.3 Å². The molecule has 0 amide bonds. The van der Waals surface area contributed by atoms with Crippen molar-refractivity contribution in [1.82, 2.24) is 0 Å². The lowest BCUT2D eigenvalue weighted by molar-refractivity contribution is -0.141. The minimum Gasteiger partial charge on any atom is -0.460 e. The molecule has 0 fully saturated rings. The lowest BCUT2D eigenvalue weighted by Gasteiger charge is -2.16. The summed E-state index contributed by atoms with van der Waals surface area (Å²) in [5.74, 6) is -0.832. The number of carbonyl (C=O) groups excluding carboxylic acids is 2. The molecule has 0 aromatic heterocycles. The third-order valence-electron chi connectivity index (χ3n) is 5.72. The molecule has 2 N–H and O–H groups in total. The van der Waals surface area contributed by atoms with Gasteiger partial charge in [0.25, 0.3) is 0 Å². The standard InChI is InChI=1S/C26H46O12.C9H20O4/c1-23(2)25(27)37-21-19-35-17-15-33-13-11-31-9-7-29-5-6-30-8-10-32-12-14-34-16-18-36-20-22-38-26(28)24(3)4;1-7(11)5-12-9(3)6-13-8(2)4-10/h1,3,5-22H2,2,4H3;7-11H,4-6H2,1-3H3. The minimum atomic E-state index is -0.447. The zero-order valence-electron chi connectivity index (χ0n) is 31.6. The number of aliphatic hydroxyl groups excluding tert-OH is 2. The van der Waals surface area contributed by atoms with E-state index in [1.54, 1.807) is 27.7 Å². The summed E-state index contributed by atoms with van der Waals surface area (Å²) in [6, 6.07) is 0. The molecule has 0 heterocycles. The van der Waals surface area contributed by atoms with Crippen LogP contribution in [0.2, 0.25) is 0 Å². The Morgan fingerprint density at radius 2 is 0.725 bits per heavy atom. The Bertz CT molecular complexity index is 774. The van der Waals surface area contributed by atoms with Gasteiger partial charge in [0.1, 0.15) is 13.2 Å². The second kappa shape index (κ2) is 39.2. The molecule has 0 aromatic rings. The number of ether oxygens (including phenoxy) is 12. The number of rotatable bonds is 36. The van der Waals surface area contributed by atoms with Gasteiger partial charge in [-0.2, -0.15) is 0 Å². The molecule has 0 aliphatic rings. The first kappa shape index (κ1) is 51.0. The maximum atomic E-state index is 11.2. The Kier molecular flexibility index (Phi) is 39.2. The predicted octanol–water partition coefficient (Wildman–Crippen LogP) is 1.53. The summed E-state index contributed by atoms with van der Waals surface area (Å²) in [5, 5.41) is 17.6. The molecule has 3 unspecified atom stereocenters. The van der Waals surface area contributed by atoms with Crippen LogP contribution in [0.4, 0.5) is 0 Å². The minimum absolute atomic E-state index is 0.0170. The van der Waals surface area contributed by atoms with Gasteiger partial charge in [-0.3, -0.25) is 0 Å². The van der Waals surface area contributed by atoms with Gasteiger partial charge in [-0.25, -0.2) is 9.59 Å². The fourth-order valence-corrected chi connectivity index (χ4v) is 2.98. The summed E-state index contributed by atoms with van der Waals surface area (Å²) in [6.07, 6.45) is -0.654. The maximum absolute atomic E-state index is 11.2. The first-order chi connectivity index (χ1) is 24.5. The number of hydrogen-bond donors (Lipinski definition) is 2. The third kappa shape index (κ3) is 42.2. The van der Waals surface area contributed by atoms with Crippen molar-refractivity contribution in [3.05, 3.63) is 24.3 Å². The Morgan fingerprint density at radius 1 is 0.471 bits per heavy atom. The average molecular weight is 743 g/mol. The molecule has 0 rings (SSSR count). The molecule has 16 heteroatoms. The molecule has 0 aromatic carbocycles. The summed E-state index contributed by atoms with van der Waals surface area (Å²) in [5.41, 5.74) is 0.733. The molecule has 16 nitrogen and oxygen atoms in total. The Labute approximate surface area is 304 Å². The van der Waals surface area contributed by atoms with E-state index in [0.717, 1.165) is 0 Å². The first-order valence-corrected chi connectivity index (χ1v) is 17.3. The second-order valence-electron chi connectivity index (χ2n) is 11.1. The molecular formula is C35H66O16. The molecule has 0 spiro atoms.